The molecule has 1 aromatic rings. The summed E-state index contributed by atoms with van der Waals surface area (Å²) in [5.74, 6) is 0.756. The molecular weight excluding hydrogens is 314 g/mol. The molecule has 0 bridgehead atoms. The molecule has 1 N–H and O–H groups in total. The fraction of sp³-hybridized carbons (Fsp3) is 0.562. The van der Waals surface area contributed by atoms with Crippen LogP contribution in [0.3, 0.4) is 0 Å². The van der Waals surface area contributed by atoms with Gasteiger partial charge in [0.25, 0.3) is 11.1 Å². The lowest BCUT2D eigenvalue weighted by atomic mass is 10.3. The van der Waals surface area contributed by atoms with Crippen molar-refractivity contribution in [2.75, 3.05) is 33.3 Å². The molecule has 1 atom stereocenters. The van der Waals surface area contributed by atoms with Gasteiger partial charge in [-0.25, -0.2) is 0 Å². The topological polar surface area (TPSA) is 61.7 Å². The average molecular weight is 338 g/mol. The molecule has 0 fully saturated rings. The highest BCUT2D eigenvalue weighted by Gasteiger charge is 2.39. The van der Waals surface area contributed by atoms with E-state index in [-0.39, 0.29) is 11.3 Å². The molecule has 0 spiro atoms. The number of carbonyl (C=O) groups excluding carboxylic acids is 1. The summed E-state index contributed by atoms with van der Waals surface area (Å²) in [6.45, 7) is 6.69. The van der Waals surface area contributed by atoms with E-state index in [1.807, 2.05) is 19.9 Å². The van der Waals surface area contributed by atoms with E-state index in [4.69, 9.17) is 4.74 Å². The lowest BCUT2D eigenvalue weighted by Gasteiger charge is -2.17. The van der Waals surface area contributed by atoms with Gasteiger partial charge in [0.15, 0.2) is 0 Å². The van der Waals surface area contributed by atoms with Gasteiger partial charge in [-0.15, -0.1) is 0 Å². The van der Waals surface area contributed by atoms with Gasteiger partial charge in [-0.2, -0.15) is 0 Å². The van der Waals surface area contributed by atoms with E-state index in [0.29, 0.717) is 25.2 Å². The number of hydrogen-bond donors (Lipinski definition) is 1. The maximum atomic E-state index is 12.3. The van der Waals surface area contributed by atoms with Crippen LogP contribution in [0.2, 0.25) is 0 Å². The van der Waals surface area contributed by atoms with Gasteiger partial charge in [-0.1, -0.05) is 13.8 Å². The van der Waals surface area contributed by atoms with Crippen molar-refractivity contribution in [3.05, 3.63) is 23.1 Å². The van der Waals surface area contributed by atoms with Gasteiger partial charge in [-0.3, -0.25) is 9.69 Å². The summed E-state index contributed by atoms with van der Waals surface area (Å²) >= 11 is 1.52. The number of nitrogens with zero attached hydrogens (tertiary/aromatic N) is 2. The van der Waals surface area contributed by atoms with Crippen LogP contribution in [0.15, 0.2) is 23.1 Å². The van der Waals surface area contributed by atoms with Crippen LogP contribution in [0.4, 0.5) is 5.69 Å². The highest BCUT2D eigenvalue weighted by atomic mass is 32.2. The smallest absolute Gasteiger partial charge is 0.271 e. The molecular formula is C16H24N3O3S+. The number of amides is 1. The average Bonchev–Trinajstić information content (AvgIpc) is 2.88. The summed E-state index contributed by atoms with van der Waals surface area (Å²) < 4.78 is 6.21. The number of rotatable bonds is 8. The van der Waals surface area contributed by atoms with Crippen molar-refractivity contribution >= 4 is 23.4 Å². The maximum absolute atomic E-state index is 12.3. The van der Waals surface area contributed by atoms with Crippen LogP contribution >= 0.6 is 11.8 Å². The molecule has 0 aromatic heterocycles. The largest absolute Gasteiger partial charge is 0.497 e. The summed E-state index contributed by atoms with van der Waals surface area (Å²) in [6, 6.07) is 5.45. The van der Waals surface area contributed by atoms with Crippen molar-refractivity contribution < 1.29 is 14.3 Å². The van der Waals surface area contributed by atoms with Gasteiger partial charge >= 0.3 is 0 Å². The number of hydrogen-bond acceptors (Lipinski definition) is 5. The first-order valence-electron chi connectivity index (χ1n) is 7.89. The molecule has 1 heterocycles. The second-order valence-electron chi connectivity index (χ2n) is 5.33. The summed E-state index contributed by atoms with van der Waals surface area (Å²) in [5, 5.41) is 2.69. The Morgan fingerprint density at radius 1 is 1.39 bits per heavy atom. The lowest BCUT2D eigenvalue weighted by Crippen LogP contribution is -2.38. The molecule has 23 heavy (non-hydrogen) atoms. The van der Waals surface area contributed by atoms with Crippen LogP contribution in [-0.2, 0) is 4.79 Å². The van der Waals surface area contributed by atoms with Gasteiger partial charge in [0.1, 0.15) is 5.75 Å². The molecule has 1 aromatic carbocycles. The Kier molecular flexibility index (Phi) is 6.41. The number of fused-ring (bicyclic) bond motifs is 1. The number of methoxy groups -OCH3 is 1. The molecule has 0 radical (unpaired) electrons. The van der Waals surface area contributed by atoms with E-state index in [1.165, 1.54) is 11.8 Å². The fourth-order valence-electron chi connectivity index (χ4n) is 2.46. The van der Waals surface area contributed by atoms with E-state index in [9.17, 15) is 9.70 Å². The first-order chi connectivity index (χ1) is 11.1. The molecule has 0 saturated heterocycles. The number of likely N-dealkylation sites (N-methyl/N-ethyl adjacent to an activating group) is 1. The Morgan fingerprint density at radius 2 is 2.13 bits per heavy atom. The number of carbonyl (C=O) groups is 1. The highest BCUT2D eigenvalue weighted by Crippen LogP contribution is 2.44. The first-order valence-corrected chi connectivity index (χ1v) is 8.77. The normalized spacial score (nSPS) is 16.5. The number of nitrogens with one attached hydrogen (secondary N) is 1. The van der Waals surface area contributed by atoms with Crippen LogP contribution in [-0.4, -0.2) is 54.2 Å². The predicted octanol–water partition coefficient (Wildman–Crippen LogP) is 2.39. The molecule has 1 amide bonds. The summed E-state index contributed by atoms with van der Waals surface area (Å²) in [6.07, 6.45) is 0.606. The van der Waals surface area contributed by atoms with Gasteiger partial charge < -0.3 is 10.1 Å². The van der Waals surface area contributed by atoms with Crippen LogP contribution < -0.4 is 10.1 Å². The first kappa shape index (κ1) is 17.7. The van der Waals surface area contributed by atoms with Crippen LogP contribution in [0, 0.1) is 4.91 Å². The third-order valence-corrected chi connectivity index (χ3v) is 5.18. The zero-order valence-corrected chi connectivity index (χ0v) is 14.7. The number of benzene rings is 1. The molecule has 2 rings (SSSR count). The molecule has 1 unspecified atom stereocenters. The van der Waals surface area contributed by atoms with Crippen molar-refractivity contribution in [1.29, 1.82) is 0 Å². The van der Waals surface area contributed by atoms with E-state index in [1.54, 1.807) is 19.2 Å². The van der Waals surface area contributed by atoms with E-state index < -0.39 is 0 Å². The van der Waals surface area contributed by atoms with Crippen LogP contribution in [0.5, 0.6) is 5.75 Å². The van der Waals surface area contributed by atoms with Crippen molar-refractivity contribution in [3.63, 3.8) is 0 Å². The van der Waals surface area contributed by atoms with Crippen molar-refractivity contribution in [3.8, 4) is 5.75 Å². The number of nitroso groups, excluding NO2 is 1. The Morgan fingerprint density at radius 3 is 2.78 bits per heavy atom. The Labute approximate surface area is 141 Å². The fourth-order valence-corrected chi connectivity index (χ4v) is 3.67. The van der Waals surface area contributed by atoms with Crippen molar-refractivity contribution in [2.24, 2.45) is 0 Å². The predicted molar refractivity (Wildman–Crippen MR) is 91.3 cm³/mol. The monoisotopic (exact) mass is 338 g/mol. The molecule has 0 saturated carbocycles. The molecule has 7 heteroatoms. The Bertz CT molecular complexity index is 576. The maximum Gasteiger partial charge on any atom is 0.271 e. The summed E-state index contributed by atoms with van der Waals surface area (Å²) in [5.41, 5.74) is 0.676. The third kappa shape index (κ3) is 4.45. The number of thioether (sulfide) groups is 1. The zero-order chi connectivity index (χ0) is 16.8. The second-order valence-corrected chi connectivity index (χ2v) is 6.55. The molecule has 0 aliphatic carbocycles. The minimum atomic E-state index is -0.203. The van der Waals surface area contributed by atoms with Gasteiger partial charge in [0.05, 0.1) is 23.3 Å². The van der Waals surface area contributed by atoms with Gasteiger partial charge in [0.2, 0.25) is 5.91 Å². The minimum Gasteiger partial charge on any atom is -0.497 e. The summed E-state index contributed by atoms with van der Waals surface area (Å²) in [4.78, 5) is 27.1. The van der Waals surface area contributed by atoms with Gasteiger partial charge in [0, 0.05) is 30.0 Å². The zero-order valence-electron chi connectivity index (χ0n) is 13.9. The van der Waals surface area contributed by atoms with Crippen LogP contribution in [0.25, 0.3) is 0 Å². The van der Waals surface area contributed by atoms with E-state index >= 15 is 0 Å². The second kappa shape index (κ2) is 8.31. The third-order valence-electron chi connectivity index (χ3n) is 3.90. The van der Waals surface area contributed by atoms with Crippen LogP contribution in [0.1, 0.15) is 20.3 Å². The molecule has 1 aliphatic heterocycles. The Balaban J connectivity index is 1.81. The lowest BCUT2D eigenvalue weighted by molar-refractivity contribution is -0.476. The summed E-state index contributed by atoms with van der Waals surface area (Å²) in [7, 11) is 1.61. The van der Waals surface area contributed by atoms with Gasteiger partial charge in [-0.05, 0) is 30.9 Å². The van der Waals surface area contributed by atoms with E-state index in [2.05, 4.69) is 10.2 Å². The highest BCUT2D eigenvalue weighted by molar-refractivity contribution is 8.00. The van der Waals surface area contributed by atoms with Crippen molar-refractivity contribution in [2.45, 2.75) is 30.5 Å². The molecule has 1 aliphatic rings. The Hall–Kier alpha value is -1.60. The SMILES string of the molecule is CCN(CC)CC(=O)NCCC1Sc2cc(OC)ccc2[N+]1=O. The standard InChI is InChI=1S/C16H23N3O3S/c1-4-18(5-2)11-15(20)17-9-8-16-19(21)13-7-6-12(22-3)10-14(13)23-16/h6-7,10,16H,4-5,8-9,11H2,1-3H3/p+1. The molecule has 126 valence electrons. The quantitative estimate of drug-likeness (QED) is 0.738. The van der Waals surface area contributed by atoms with E-state index in [0.717, 1.165) is 28.5 Å². The molecule has 6 nitrogen and oxygen atoms in total. The van der Waals surface area contributed by atoms with Crippen molar-refractivity contribution in [1.82, 2.24) is 10.2 Å². The number of ether oxygens (including phenoxy) is 1. The minimum absolute atomic E-state index is 0.00771.